The second-order valence-electron chi connectivity index (χ2n) is 8.50. The molecule has 0 bridgehead atoms. The van der Waals surface area contributed by atoms with E-state index in [4.69, 9.17) is 10.5 Å². The van der Waals surface area contributed by atoms with Gasteiger partial charge >= 0.3 is 0 Å². The molecule has 6 N–H and O–H groups in total. The molecule has 1 aliphatic rings. The number of aryl methyl sites for hydroxylation is 1. The quantitative estimate of drug-likeness (QED) is 0.236. The van der Waals surface area contributed by atoms with Gasteiger partial charge in [0.15, 0.2) is 17.7 Å². The lowest BCUT2D eigenvalue weighted by Gasteiger charge is -2.16. The first-order chi connectivity index (χ1) is 17.0. The van der Waals surface area contributed by atoms with Crippen LogP contribution in [0.3, 0.4) is 0 Å². The molecular formula is C24H27N7O4. The molecule has 3 aromatic heterocycles. The fourth-order valence-electron chi connectivity index (χ4n) is 4.37. The predicted molar refractivity (Wildman–Crippen MR) is 129 cm³/mol. The number of anilines is 1. The number of aliphatic hydroxyl groups excluding tert-OH is 2. The molecule has 1 saturated heterocycles. The van der Waals surface area contributed by atoms with Gasteiger partial charge in [0.05, 0.1) is 6.33 Å². The van der Waals surface area contributed by atoms with Crippen molar-refractivity contribution in [1.29, 1.82) is 0 Å². The monoisotopic (exact) mass is 477 g/mol. The van der Waals surface area contributed by atoms with E-state index in [2.05, 4.69) is 31.3 Å². The minimum atomic E-state index is -1.20. The van der Waals surface area contributed by atoms with Crippen LogP contribution in [0, 0.1) is 0 Å². The highest BCUT2D eigenvalue weighted by Crippen LogP contribution is 2.32. The summed E-state index contributed by atoms with van der Waals surface area (Å²) in [6, 6.07) is 8.11. The number of nitrogens with one attached hydrogen (secondary N) is 2. The molecule has 11 nitrogen and oxygen atoms in total. The number of hydrogen-bond donors (Lipinski definition) is 5. The van der Waals surface area contributed by atoms with Gasteiger partial charge in [0.2, 0.25) is 5.91 Å². The van der Waals surface area contributed by atoms with Gasteiger partial charge in [-0.2, -0.15) is 0 Å². The number of imidazole rings is 1. The van der Waals surface area contributed by atoms with Crippen molar-refractivity contribution in [3.63, 3.8) is 0 Å². The van der Waals surface area contributed by atoms with Crippen molar-refractivity contribution < 1.29 is 19.7 Å². The van der Waals surface area contributed by atoms with Crippen LogP contribution < -0.4 is 11.1 Å². The third kappa shape index (κ3) is 4.61. The first kappa shape index (κ1) is 23.0. The lowest BCUT2D eigenvalue weighted by atomic mass is 10.1. The van der Waals surface area contributed by atoms with Crippen LogP contribution in [0.2, 0.25) is 0 Å². The molecule has 1 amide bonds. The van der Waals surface area contributed by atoms with E-state index >= 15 is 0 Å². The Kier molecular flexibility index (Phi) is 6.45. The van der Waals surface area contributed by atoms with Crippen molar-refractivity contribution in [2.75, 3.05) is 12.3 Å². The number of carbonyl (C=O) groups is 1. The molecule has 1 aromatic carbocycles. The van der Waals surface area contributed by atoms with Crippen LogP contribution in [0.25, 0.3) is 22.1 Å². The number of nitrogen functional groups attached to an aromatic ring is 1. The highest BCUT2D eigenvalue weighted by molar-refractivity contribution is 5.83. The second-order valence-corrected chi connectivity index (χ2v) is 8.50. The summed E-state index contributed by atoms with van der Waals surface area (Å²) in [7, 11) is 0. The Hall–Kier alpha value is -3.80. The summed E-state index contributed by atoms with van der Waals surface area (Å²) in [4.78, 5) is 27.7. The molecule has 0 radical (unpaired) electrons. The number of para-hydroxylation sites is 1. The molecule has 35 heavy (non-hydrogen) atoms. The predicted octanol–water partition coefficient (Wildman–Crippen LogP) is 1.20. The van der Waals surface area contributed by atoms with Crippen LogP contribution in [-0.2, 0) is 16.0 Å². The van der Waals surface area contributed by atoms with E-state index in [1.807, 2.05) is 24.4 Å². The third-order valence-electron chi connectivity index (χ3n) is 6.20. The number of fused-ring (bicyclic) bond motifs is 2. The second kappa shape index (κ2) is 9.82. The number of amides is 1. The average molecular weight is 478 g/mol. The largest absolute Gasteiger partial charge is 0.387 e. The van der Waals surface area contributed by atoms with Gasteiger partial charge in [-0.1, -0.05) is 30.4 Å². The first-order valence-corrected chi connectivity index (χ1v) is 11.5. The van der Waals surface area contributed by atoms with E-state index in [1.54, 1.807) is 12.2 Å². The molecule has 4 heterocycles. The summed E-state index contributed by atoms with van der Waals surface area (Å²) in [5.74, 6) is 0.165. The molecule has 4 atom stereocenters. The zero-order valence-corrected chi connectivity index (χ0v) is 18.9. The van der Waals surface area contributed by atoms with E-state index in [9.17, 15) is 15.0 Å². The van der Waals surface area contributed by atoms with Crippen molar-refractivity contribution in [2.45, 2.75) is 43.8 Å². The Balaban J connectivity index is 1.10. The Morgan fingerprint density at radius 1 is 1.23 bits per heavy atom. The van der Waals surface area contributed by atoms with Crippen LogP contribution in [0.1, 0.15) is 24.6 Å². The van der Waals surface area contributed by atoms with E-state index in [0.717, 1.165) is 18.4 Å². The van der Waals surface area contributed by atoms with Crippen LogP contribution in [-0.4, -0.2) is 65.5 Å². The van der Waals surface area contributed by atoms with Crippen LogP contribution in [0.4, 0.5) is 5.82 Å². The Morgan fingerprint density at radius 3 is 2.97 bits per heavy atom. The standard InChI is InChI=1S/C24H27N7O4/c25-22-19-23(29-12-28-22)31(13-30-19)24-21(34)20(33)17(35-24)8-4-10-26-18(32)9-3-5-14-11-27-16-7-2-1-6-15(14)16/h1-2,4,6-8,11-13,17,20-21,24,27,33-34H,3,5,9-10H2,(H,26,32)(H2,25,28,29)/b8-4+/t17-,20-,21-,24-/m1/s1. The van der Waals surface area contributed by atoms with Crippen molar-refractivity contribution in [3.8, 4) is 0 Å². The molecule has 11 heteroatoms. The SMILES string of the molecule is Nc1ncnc2c1ncn2[C@@H]1O[C@H](/C=C/CNC(=O)CCCc2c[nH]c3ccccc23)[C@@H](O)[C@H]1O. The molecule has 182 valence electrons. The minimum Gasteiger partial charge on any atom is -0.387 e. The zero-order chi connectivity index (χ0) is 24.4. The van der Waals surface area contributed by atoms with Gasteiger partial charge in [-0.15, -0.1) is 0 Å². The average Bonchev–Trinajstić information content (AvgIpc) is 3.55. The Morgan fingerprint density at radius 2 is 2.09 bits per heavy atom. The van der Waals surface area contributed by atoms with Gasteiger partial charge in [-0.25, -0.2) is 15.0 Å². The smallest absolute Gasteiger partial charge is 0.220 e. The Bertz CT molecular complexity index is 1360. The van der Waals surface area contributed by atoms with E-state index in [0.29, 0.717) is 17.6 Å². The number of aliphatic hydroxyl groups is 2. The van der Waals surface area contributed by atoms with Gasteiger partial charge in [0, 0.05) is 30.1 Å². The summed E-state index contributed by atoms with van der Waals surface area (Å²) >= 11 is 0. The fourth-order valence-corrected chi connectivity index (χ4v) is 4.37. The van der Waals surface area contributed by atoms with Gasteiger partial charge < -0.3 is 31.0 Å². The molecular weight excluding hydrogens is 450 g/mol. The topological polar surface area (TPSA) is 164 Å². The maximum Gasteiger partial charge on any atom is 0.220 e. The molecule has 0 spiro atoms. The summed E-state index contributed by atoms with van der Waals surface area (Å²) in [5.41, 5.74) is 8.91. The number of H-pyrrole nitrogens is 1. The van der Waals surface area contributed by atoms with Gasteiger partial charge in [-0.05, 0) is 24.5 Å². The number of rotatable bonds is 8. The molecule has 5 rings (SSSR count). The van der Waals surface area contributed by atoms with Crippen molar-refractivity contribution in [1.82, 2.24) is 29.8 Å². The summed E-state index contributed by atoms with van der Waals surface area (Å²) in [5, 5.41) is 25.0. The van der Waals surface area contributed by atoms with Gasteiger partial charge in [-0.3, -0.25) is 9.36 Å². The fraction of sp³-hybridized carbons (Fsp3) is 0.333. The number of nitrogens with two attached hydrogens (primary N) is 1. The highest BCUT2D eigenvalue weighted by Gasteiger charge is 2.43. The number of benzene rings is 1. The maximum absolute atomic E-state index is 12.2. The van der Waals surface area contributed by atoms with E-state index in [1.165, 1.54) is 28.2 Å². The molecule has 4 aromatic rings. The normalized spacial score (nSPS) is 22.5. The Labute approximate surface area is 200 Å². The number of hydrogen-bond acceptors (Lipinski definition) is 8. The van der Waals surface area contributed by atoms with Crippen LogP contribution in [0.15, 0.2) is 55.3 Å². The lowest BCUT2D eigenvalue weighted by Crippen LogP contribution is -2.31. The minimum absolute atomic E-state index is 0.0533. The molecule has 0 saturated carbocycles. The molecule has 0 aliphatic carbocycles. The zero-order valence-electron chi connectivity index (χ0n) is 18.9. The maximum atomic E-state index is 12.2. The summed E-state index contributed by atoms with van der Waals surface area (Å²) in [6.45, 7) is 0.289. The summed E-state index contributed by atoms with van der Waals surface area (Å²) in [6.07, 6.45) is 6.03. The van der Waals surface area contributed by atoms with Crippen LogP contribution >= 0.6 is 0 Å². The van der Waals surface area contributed by atoms with Crippen molar-refractivity contribution in [3.05, 3.63) is 60.8 Å². The number of carbonyl (C=O) groups excluding carboxylic acids is 1. The van der Waals surface area contributed by atoms with E-state index < -0.39 is 24.5 Å². The first-order valence-electron chi connectivity index (χ1n) is 11.5. The highest BCUT2D eigenvalue weighted by atomic mass is 16.6. The number of ether oxygens (including phenoxy) is 1. The van der Waals surface area contributed by atoms with Gasteiger partial charge in [0.25, 0.3) is 0 Å². The van der Waals surface area contributed by atoms with Crippen LogP contribution in [0.5, 0.6) is 0 Å². The number of aromatic nitrogens is 5. The molecule has 1 aliphatic heterocycles. The number of nitrogens with zero attached hydrogens (tertiary/aromatic N) is 4. The molecule has 1 fully saturated rings. The summed E-state index contributed by atoms with van der Waals surface area (Å²) < 4.78 is 7.36. The number of aromatic amines is 1. The lowest BCUT2D eigenvalue weighted by molar-refractivity contribution is -0.120. The van der Waals surface area contributed by atoms with Crippen molar-refractivity contribution in [2.24, 2.45) is 0 Å². The molecule has 0 unspecified atom stereocenters. The van der Waals surface area contributed by atoms with E-state index in [-0.39, 0.29) is 18.3 Å². The van der Waals surface area contributed by atoms with Gasteiger partial charge in [0.1, 0.15) is 30.2 Å². The third-order valence-corrected chi connectivity index (χ3v) is 6.20. The van der Waals surface area contributed by atoms with Crippen molar-refractivity contribution >= 4 is 33.8 Å².